The summed E-state index contributed by atoms with van der Waals surface area (Å²) in [5, 5.41) is 10.3. The van der Waals surface area contributed by atoms with E-state index in [0.29, 0.717) is 13.1 Å². The number of hydrogen-bond acceptors (Lipinski definition) is 2. The van der Waals surface area contributed by atoms with Gasteiger partial charge in [0.05, 0.1) is 0 Å². The predicted molar refractivity (Wildman–Crippen MR) is 104 cm³/mol. The van der Waals surface area contributed by atoms with Crippen molar-refractivity contribution in [1.29, 1.82) is 0 Å². The van der Waals surface area contributed by atoms with Crippen LogP contribution in [-0.2, 0) is 11.2 Å². The number of nitrogens with zero attached hydrogens (tertiary/aromatic N) is 1. The van der Waals surface area contributed by atoms with Crippen molar-refractivity contribution in [2.24, 2.45) is 10.9 Å². The summed E-state index contributed by atoms with van der Waals surface area (Å²) in [6, 6.07) is 7.86. The molecule has 1 aliphatic rings. The van der Waals surface area contributed by atoms with Crippen LogP contribution in [0.2, 0.25) is 5.02 Å². The fourth-order valence-electron chi connectivity index (χ4n) is 3.07. The summed E-state index contributed by atoms with van der Waals surface area (Å²) in [4.78, 5) is 16.3. The van der Waals surface area contributed by atoms with Gasteiger partial charge in [-0.15, -0.1) is 0 Å². The Morgan fingerprint density at radius 3 is 2.36 bits per heavy atom. The Morgan fingerprint density at radius 1 is 1.04 bits per heavy atom. The fraction of sp³-hybridized carbons (Fsp3) is 0.579. The van der Waals surface area contributed by atoms with E-state index in [9.17, 15) is 4.79 Å². The molecule has 0 aromatic heterocycles. The highest BCUT2D eigenvalue weighted by Crippen LogP contribution is 2.23. The standard InChI is InChI=1S/C19H29ClN4O/c1-21-19(23-12-11-15-7-9-17(20)10-8-15)24-14-13-22-18(25)16-5-3-2-4-6-16/h7-10,16H,2-6,11-14H2,1H3,(H,22,25)(H2,21,23,24). The normalized spacial score (nSPS) is 15.7. The maximum absolute atomic E-state index is 12.1. The average Bonchev–Trinajstić information content (AvgIpc) is 2.65. The molecule has 6 heteroatoms. The lowest BCUT2D eigenvalue weighted by atomic mass is 9.89. The molecule has 1 aromatic rings. The van der Waals surface area contributed by atoms with Gasteiger partial charge in [-0.2, -0.15) is 0 Å². The van der Waals surface area contributed by atoms with Crippen molar-refractivity contribution >= 4 is 23.5 Å². The van der Waals surface area contributed by atoms with Crippen molar-refractivity contribution in [3.63, 3.8) is 0 Å². The zero-order valence-electron chi connectivity index (χ0n) is 15.0. The molecule has 1 aromatic carbocycles. The number of guanidine groups is 1. The second-order valence-corrected chi connectivity index (χ2v) is 6.86. The third-order valence-electron chi connectivity index (χ3n) is 4.54. The van der Waals surface area contributed by atoms with Crippen LogP contribution in [0.1, 0.15) is 37.7 Å². The lowest BCUT2D eigenvalue weighted by molar-refractivity contribution is -0.125. The van der Waals surface area contributed by atoms with Gasteiger partial charge in [-0.3, -0.25) is 9.79 Å². The van der Waals surface area contributed by atoms with Gasteiger partial charge in [-0.1, -0.05) is 43.0 Å². The molecule has 0 unspecified atom stereocenters. The second-order valence-electron chi connectivity index (χ2n) is 6.43. The topological polar surface area (TPSA) is 65.5 Å². The first-order valence-corrected chi connectivity index (χ1v) is 9.53. The number of hydrogen-bond donors (Lipinski definition) is 3. The van der Waals surface area contributed by atoms with Crippen LogP contribution < -0.4 is 16.0 Å². The van der Waals surface area contributed by atoms with E-state index in [1.165, 1.54) is 24.8 Å². The SMILES string of the molecule is CN=C(NCCNC(=O)C1CCCCC1)NCCc1ccc(Cl)cc1. The summed E-state index contributed by atoms with van der Waals surface area (Å²) in [5.41, 5.74) is 1.23. The molecule has 1 amide bonds. The van der Waals surface area contributed by atoms with Crippen LogP contribution in [0.4, 0.5) is 0 Å². The van der Waals surface area contributed by atoms with E-state index in [-0.39, 0.29) is 11.8 Å². The molecule has 1 saturated carbocycles. The fourth-order valence-corrected chi connectivity index (χ4v) is 3.20. The Balaban J connectivity index is 1.58. The zero-order chi connectivity index (χ0) is 17.9. The molecular weight excluding hydrogens is 336 g/mol. The van der Waals surface area contributed by atoms with Crippen LogP contribution in [0.5, 0.6) is 0 Å². The monoisotopic (exact) mass is 364 g/mol. The van der Waals surface area contributed by atoms with Gasteiger partial charge >= 0.3 is 0 Å². The predicted octanol–water partition coefficient (Wildman–Crippen LogP) is 2.74. The van der Waals surface area contributed by atoms with Crippen LogP contribution in [0, 0.1) is 5.92 Å². The third kappa shape index (κ3) is 7.34. The van der Waals surface area contributed by atoms with E-state index in [0.717, 1.165) is 36.8 Å². The molecule has 25 heavy (non-hydrogen) atoms. The minimum absolute atomic E-state index is 0.201. The maximum atomic E-state index is 12.1. The van der Waals surface area contributed by atoms with E-state index in [1.54, 1.807) is 7.05 Å². The molecule has 0 bridgehead atoms. The quantitative estimate of drug-likeness (QED) is 0.396. The van der Waals surface area contributed by atoms with Gasteiger partial charge in [-0.25, -0.2) is 0 Å². The summed E-state index contributed by atoms with van der Waals surface area (Å²) < 4.78 is 0. The van der Waals surface area contributed by atoms with Crippen LogP contribution in [0.15, 0.2) is 29.3 Å². The lowest BCUT2D eigenvalue weighted by Gasteiger charge is -2.21. The average molecular weight is 365 g/mol. The van der Waals surface area contributed by atoms with Gasteiger partial charge in [-0.05, 0) is 37.0 Å². The number of amides is 1. The Labute approximate surface area is 155 Å². The van der Waals surface area contributed by atoms with Crippen molar-refractivity contribution in [1.82, 2.24) is 16.0 Å². The highest BCUT2D eigenvalue weighted by atomic mass is 35.5. The van der Waals surface area contributed by atoms with E-state index in [4.69, 9.17) is 11.6 Å². The molecule has 0 atom stereocenters. The number of carbonyl (C=O) groups excluding carboxylic acids is 1. The van der Waals surface area contributed by atoms with Gasteiger partial charge in [0.25, 0.3) is 0 Å². The Morgan fingerprint density at radius 2 is 1.68 bits per heavy atom. The molecule has 0 heterocycles. The molecule has 5 nitrogen and oxygen atoms in total. The molecule has 1 fully saturated rings. The van der Waals surface area contributed by atoms with Gasteiger partial charge in [0.2, 0.25) is 5.91 Å². The molecule has 0 aliphatic heterocycles. The van der Waals surface area contributed by atoms with E-state index >= 15 is 0 Å². The molecule has 1 aliphatic carbocycles. The summed E-state index contributed by atoms with van der Waals surface area (Å²) in [7, 11) is 1.75. The minimum Gasteiger partial charge on any atom is -0.356 e. The van der Waals surface area contributed by atoms with Gasteiger partial charge in [0.1, 0.15) is 0 Å². The van der Waals surface area contributed by atoms with Crippen molar-refractivity contribution in [2.45, 2.75) is 38.5 Å². The summed E-state index contributed by atoms with van der Waals surface area (Å²) >= 11 is 5.89. The zero-order valence-corrected chi connectivity index (χ0v) is 15.7. The number of nitrogens with one attached hydrogen (secondary N) is 3. The molecule has 0 radical (unpaired) electrons. The molecule has 0 saturated heterocycles. The van der Waals surface area contributed by atoms with Crippen molar-refractivity contribution in [2.75, 3.05) is 26.7 Å². The lowest BCUT2D eigenvalue weighted by Crippen LogP contribution is -2.43. The highest BCUT2D eigenvalue weighted by molar-refractivity contribution is 6.30. The van der Waals surface area contributed by atoms with Gasteiger partial charge in [0.15, 0.2) is 5.96 Å². The Bertz CT molecular complexity index is 553. The molecule has 3 N–H and O–H groups in total. The second kappa shape index (κ2) is 11.0. The molecule has 2 rings (SSSR count). The van der Waals surface area contributed by atoms with Crippen molar-refractivity contribution in [3.05, 3.63) is 34.9 Å². The Hall–Kier alpha value is -1.75. The number of aliphatic imine (C=N–C) groups is 1. The summed E-state index contributed by atoms with van der Waals surface area (Å²) in [6.45, 7) is 2.07. The minimum atomic E-state index is 0.201. The molecule has 0 spiro atoms. The molecular formula is C19H29ClN4O. The van der Waals surface area contributed by atoms with Crippen LogP contribution in [0.25, 0.3) is 0 Å². The number of benzene rings is 1. The van der Waals surface area contributed by atoms with E-state index < -0.39 is 0 Å². The van der Waals surface area contributed by atoms with Crippen molar-refractivity contribution in [3.8, 4) is 0 Å². The number of carbonyl (C=O) groups is 1. The molecule has 138 valence electrons. The number of rotatable bonds is 7. The van der Waals surface area contributed by atoms with Gasteiger partial charge in [0, 0.05) is 37.6 Å². The third-order valence-corrected chi connectivity index (χ3v) is 4.79. The van der Waals surface area contributed by atoms with Crippen LogP contribution in [0.3, 0.4) is 0 Å². The van der Waals surface area contributed by atoms with Crippen LogP contribution in [-0.4, -0.2) is 38.5 Å². The first-order valence-electron chi connectivity index (χ1n) is 9.15. The van der Waals surface area contributed by atoms with Crippen molar-refractivity contribution < 1.29 is 4.79 Å². The number of halogens is 1. The van der Waals surface area contributed by atoms with E-state index in [2.05, 4.69) is 20.9 Å². The first-order chi connectivity index (χ1) is 12.2. The maximum Gasteiger partial charge on any atom is 0.223 e. The van der Waals surface area contributed by atoms with Gasteiger partial charge < -0.3 is 16.0 Å². The smallest absolute Gasteiger partial charge is 0.223 e. The Kier molecular flexibility index (Phi) is 8.60. The van der Waals surface area contributed by atoms with E-state index in [1.807, 2.05) is 24.3 Å². The highest BCUT2D eigenvalue weighted by Gasteiger charge is 2.20. The first kappa shape index (κ1) is 19.6. The summed E-state index contributed by atoms with van der Waals surface area (Å²) in [5.74, 6) is 1.17. The van der Waals surface area contributed by atoms with Crippen LogP contribution >= 0.6 is 11.6 Å². The largest absolute Gasteiger partial charge is 0.356 e. The summed E-state index contributed by atoms with van der Waals surface area (Å²) in [6.07, 6.45) is 6.60.